The first-order valence-corrected chi connectivity index (χ1v) is 7.44. The summed E-state index contributed by atoms with van der Waals surface area (Å²) in [5.41, 5.74) is 7.32. The van der Waals surface area contributed by atoms with E-state index >= 15 is 0 Å². The van der Waals surface area contributed by atoms with Gasteiger partial charge in [-0.25, -0.2) is 0 Å². The summed E-state index contributed by atoms with van der Waals surface area (Å²) in [4.78, 5) is 14.6. The number of nitrogens with one attached hydrogen (secondary N) is 1. The lowest BCUT2D eigenvalue weighted by Crippen LogP contribution is -2.46. The lowest BCUT2D eigenvalue weighted by Gasteiger charge is -2.34. The number of rotatable bonds is 4. The third-order valence-corrected chi connectivity index (χ3v) is 4.05. The van der Waals surface area contributed by atoms with Crippen molar-refractivity contribution in [2.75, 3.05) is 13.1 Å². The maximum absolute atomic E-state index is 12.2. The average Bonchev–Trinajstić information content (AvgIpc) is 2.48. The second-order valence-corrected chi connectivity index (χ2v) is 5.78. The Morgan fingerprint density at radius 3 is 2.33 bits per heavy atom. The molecule has 5 heteroatoms. The molecule has 0 spiro atoms. The number of carbonyl (C=O) groups is 1. The minimum Gasteiger partial charge on any atom is -0.349 e. The predicted molar refractivity (Wildman–Crippen MR) is 88.8 cm³/mol. The summed E-state index contributed by atoms with van der Waals surface area (Å²) in [5.74, 6) is 0.0246. The van der Waals surface area contributed by atoms with Gasteiger partial charge in [-0.2, -0.15) is 0 Å². The van der Waals surface area contributed by atoms with Crippen molar-refractivity contribution < 1.29 is 4.79 Å². The molecule has 0 saturated carbocycles. The molecule has 1 aromatic rings. The summed E-state index contributed by atoms with van der Waals surface area (Å²) >= 11 is 0. The molecule has 3 N–H and O–H groups in total. The number of hydrogen-bond donors (Lipinski definition) is 2. The molecule has 1 aromatic carbocycles. The van der Waals surface area contributed by atoms with Crippen LogP contribution < -0.4 is 11.1 Å². The van der Waals surface area contributed by atoms with Crippen LogP contribution in [0, 0.1) is 0 Å². The highest BCUT2D eigenvalue weighted by Crippen LogP contribution is 2.14. The maximum atomic E-state index is 12.2. The van der Waals surface area contributed by atoms with Crippen molar-refractivity contribution in [2.45, 2.75) is 45.3 Å². The summed E-state index contributed by atoms with van der Waals surface area (Å²) < 4.78 is 0. The monoisotopic (exact) mass is 311 g/mol. The van der Waals surface area contributed by atoms with Gasteiger partial charge in [-0.05, 0) is 44.4 Å². The summed E-state index contributed by atoms with van der Waals surface area (Å²) in [6.07, 6.45) is 2.07. The van der Waals surface area contributed by atoms with Gasteiger partial charge in [0.25, 0.3) is 5.91 Å². The van der Waals surface area contributed by atoms with Crippen LogP contribution in [0.25, 0.3) is 0 Å². The molecule has 0 aliphatic carbocycles. The second kappa shape index (κ2) is 8.37. The normalized spacial score (nSPS) is 16.6. The maximum Gasteiger partial charge on any atom is 0.251 e. The zero-order chi connectivity index (χ0) is 14.5. The minimum atomic E-state index is 0. The van der Waals surface area contributed by atoms with Gasteiger partial charge in [-0.15, -0.1) is 12.4 Å². The number of hydrogen-bond acceptors (Lipinski definition) is 3. The van der Waals surface area contributed by atoms with Crippen molar-refractivity contribution >= 4 is 18.3 Å². The van der Waals surface area contributed by atoms with Gasteiger partial charge >= 0.3 is 0 Å². The summed E-state index contributed by atoms with van der Waals surface area (Å²) in [5, 5.41) is 3.14. The van der Waals surface area contributed by atoms with E-state index in [9.17, 15) is 4.79 Å². The first-order valence-electron chi connectivity index (χ1n) is 7.44. The quantitative estimate of drug-likeness (QED) is 0.896. The summed E-state index contributed by atoms with van der Waals surface area (Å²) in [6, 6.07) is 8.41. The van der Waals surface area contributed by atoms with Gasteiger partial charge in [0.2, 0.25) is 0 Å². The molecule has 21 heavy (non-hydrogen) atoms. The fourth-order valence-electron chi connectivity index (χ4n) is 2.62. The molecule has 1 heterocycles. The molecule has 0 atom stereocenters. The molecule has 4 nitrogen and oxygen atoms in total. The lowest BCUT2D eigenvalue weighted by atomic mass is 10.0. The van der Waals surface area contributed by atoms with Crippen molar-refractivity contribution in [1.29, 1.82) is 0 Å². The van der Waals surface area contributed by atoms with Gasteiger partial charge in [0, 0.05) is 37.3 Å². The number of benzene rings is 1. The molecule has 1 aliphatic rings. The molecule has 1 fully saturated rings. The van der Waals surface area contributed by atoms with Crippen LogP contribution in [-0.4, -0.2) is 36.0 Å². The Hall–Kier alpha value is -1.10. The fourth-order valence-corrected chi connectivity index (χ4v) is 2.62. The summed E-state index contributed by atoms with van der Waals surface area (Å²) in [6.45, 7) is 7.08. The topological polar surface area (TPSA) is 58.4 Å². The first kappa shape index (κ1) is 18.0. The average molecular weight is 312 g/mol. The van der Waals surface area contributed by atoms with E-state index in [1.54, 1.807) is 0 Å². The number of piperidine rings is 1. The van der Waals surface area contributed by atoms with E-state index in [2.05, 4.69) is 24.1 Å². The number of likely N-dealkylation sites (tertiary alicyclic amines) is 1. The van der Waals surface area contributed by atoms with Crippen molar-refractivity contribution in [3.05, 3.63) is 35.4 Å². The van der Waals surface area contributed by atoms with Crippen molar-refractivity contribution in [3.8, 4) is 0 Å². The number of nitrogens with two attached hydrogens (primary N) is 1. The van der Waals surface area contributed by atoms with E-state index in [-0.39, 0.29) is 18.3 Å². The molecule has 1 aliphatic heterocycles. The Bertz CT molecular complexity index is 439. The Morgan fingerprint density at radius 2 is 1.86 bits per heavy atom. The van der Waals surface area contributed by atoms with Gasteiger partial charge < -0.3 is 16.0 Å². The van der Waals surface area contributed by atoms with E-state index in [1.165, 1.54) is 0 Å². The smallest absolute Gasteiger partial charge is 0.251 e. The second-order valence-electron chi connectivity index (χ2n) is 5.78. The van der Waals surface area contributed by atoms with Crippen LogP contribution in [0.1, 0.15) is 42.6 Å². The number of halogens is 1. The Balaban J connectivity index is 0.00000220. The van der Waals surface area contributed by atoms with E-state index in [1.807, 2.05) is 24.3 Å². The van der Waals surface area contributed by atoms with Crippen LogP contribution in [-0.2, 0) is 6.54 Å². The number of nitrogens with zero attached hydrogens (tertiary/aromatic N) is 1. The van der Waals surface area contributed by atoms with E-state index in [0.717, 1.165) is 31.5 Å². The molecule has 1 amide bonds. The van der Waals surface area contributed by atoms with Crippen LogP contribution in [0.3, 0.4) is 0 Å². The van der Waals surface area contributed by atoms with Crippen molar-refractivity contribution in [3.63, 3.8) is 0 Å². The molecule has 0 bridgehead atoms. The van der Waals surface area contributed by atoms with Gasteiger partial charge in [-0.1, -0.05) is 12.1 Å². The van der Waals surface area contributed by atoms with E-state index < -0.39 is 0 Å². The predicted octanol–water partition coefficient (Wildman–Crippen LogP) is 2.17. The third-order valence-electron chi connectivity index (χ3n) is 4.05. The van der Waals surface area contributed by atoms with Crippen LogP contribution in [0.15, 0.2) is 24.3 Å². The zero-order valence-corrected chi connectivity index (χ0v) is 13.7. The third kappa shape index (κ3) is 4.99. The van der Waals surface area contributed by atoms with Crippen molar-refractivity contribution in [1.82, 2.24) is 10.2 Å². The van der Waals surface area contributed by atoms with E-state index in [0.29, 0.717) is 24.2 Å². The van der Waals surface area contributed by atoms with Crippen LogP contribution in [0.5, 0.6) is 0 Å². The van der Waals surface area contributed by atoms with E-state index in [4.69, 9.17) is 5.73 Å². The van der Waals surface area contributed by atoms with Crippen LogP contribution >= 0.6 is 12.4 Å². The van der Waals surface area contributed by atoms with Gasteiger partial charge in [0.15, 0.2) is 0 Å². The Kier molecular flexibility index (Phi) is 7.15. The standard InChI is InChI=1S/C16H25N3O.ClH/c1-12(2)19-9-7-15(8-10-19)18-16(20)14-5-3-13(11-17)4-6-14;/h3-6,12,15H,7-11,17H2,1-2H3,(H,18,20);1H. The molecular formula is C16H26ClN3O. The minimum absolute atomic E-state index is 0. The Labute approximate surface area is 133 Å². The van der Waals surface area contributed by atoms with Gasteiger partial charge in [0.1, 0.15) is 0 Å². The summed E-state index contributed by atoms with van der Waals surface area (Å²) in [7, 11) is 0. The lowest BCUT2D eigenvalue weighted by molar-refractivity contribution is 0.0900. The SMILES string of the molecule is CC(C)N1CCC(NC(=O)c2ccc(CN)cc2)CC1.Cl. The van der Waals surface area contributed by atoms with Gasteiger partial charge in [0.05, 0.1) is 0 Å². The molecule has 0 unspecified atom stereocenters. The molecule has 0 radical (unpaired) electrons. The molecule has 0 aromatic heterocycles. The molecule has 2 rings (SSSR count). The highest BCUT2D eigenvalue weighted by molar-refractivity contribution is 5.94. The van der Waals surface area contributed by atoms with Crippen LogP contribution in [0.4, 0.5) is 0 Å². The van der Waals surface area contributed by atoms with Crippen molar-refractivity contribution in [2.24, 2.45) is 5.73 Å². The van der Waals surface area contributed by atoms with Gasteiger partial charge in [-0.3, -0.25) is 4.79 Å². The largest absolute Gasteiger partial charge is 0.349 e. The fraction of sp³-hybridized carbons (Fsp3) is 0.562. The zero-order valence-electron chi connectivity index (χ0n) is 12.8. The Morgan fingerprint density at radius 1 is 1.29 bits per heavy atom. The molecule has 118 valence electrons. The molecular weight excluding hydrogens is 286 g/mol. The highest BCUT2D eigenvalue weighted by Gasteiger charge is 2.22. The number of carbonyl (C=O) groups excluding carboxylic acids is 1. The highest BCUT2D eigenvalue weighted by atomic mass is 35.5. The number of amides is 1. The van der Waals surface area contributed by atoms with Crippen LogP contribution in [0.2, 0.25) is 0 Å². The molecule has 1 saturated heterocycles. The first-order chi connectivity index (χ1) is 9.60.